The molecule has 112 valence electrons. The molecule has 0 fully saturated rings. The van der Waals surface area contributed by atoms with Gasteiger partial charge in [0.1, 0.15) is 0 Å². The number of thioether (sulfide) groups is 1. The van der Waals surface area contributed by atoms with Crippen molar-refractivity contribution in [2.75, 3.05) is 6.61 Å². The second kappa shape index (κ2) is 9.09. The Hall–Kier alpha value is -2.02. The predicted molar refractivity (Wildman–Crippen MR) is 92.4 cm³/mol. The minimum absolute atomic E-state index is 0.619. The standard InChI is InChI=1S/C19H19NOS/c1-16-4-2-5-19(12-16)14-21-10-3-11-22-15-18-8-6-17(13-20)7-9-18/h2-9,11-12H,10,14-15H2,1H3/b11-3-. The highest BCUT2D eigenvalue weighted by Crippen LogP contribution is 2.14. The van der Waals surface area contributed by atoms with Gasteiger partial charge in [-0.15, -0.1) is 11.8 Å². The molecule has 0 aromatic heterocycles. The van der Waals surface area contributed by atoms with E-state index in [9.17, 15) is 0 Å². The molecule has 0 aliphatic heterocycles. The van der Waals surface area contributed by atoms with Crippen LogP contribution in [0.3, 0.4) is 0 Å². The first kappa shape index (κ1) is 16.4. The lowest BCUT2D eigenvalue weighted by Gasteiger charge is -2.02. The summed E-state index contributed by atoms with van der Waals surface area (Å²) in [5.41, 5.74) is 4.39. The molecular formula is C19H19NOS. The minimum Gasteiger partial charge on any atom is -0.373 e. The summed E-state index contributed by atoms with van der Waals surface area (Å²) in [6, 6.07) is 18.2. The van der Waals surface area contributed by atoms with Gasteiger partial charge in [-0.3, -0.25) is 0 Å². The molecule has 0 aliphatic carbocycles. The fraction of sp³-hybridized carbons (Fsp3) is 0.211. The molecule has 2 aromatic carbocycles. The Kier molecular flexibility index (Phi) is 6.76. The van der Waals surface area contributed by atoms with E-state index in [0.717, 1.165) is 5.75 Å². The Balaban J connectivity index is 1.63. The number of nitriles is 1. The first-order valence-corrected chi connectivity index (χ1v) is 8.22. The number of ether oxygens (including phenoxy) is 1. The molecular weight excluding hydrogens is 290 g/mol. The number of aryl methyl sites for hydroxylation is 1. The molecule has 0 saturated carbocycles. The van der Waals surface area contributed by atoms with Crippen LogP contribution >= 0.6 is 11.8 Å². The molecule has 0 N–H and O–H groups in total. The van der Waals surface area contributed by atoms with E-state index in [2.05, 4.69) is 42.7 Å². The van der Waals surface area contributed by atoms with Crippen molar-refractivity contribution in [1.29, 1.82) is 5.26 Å². The Morgan fingerprint density at radius 1 is 1.14 bits per heavy atom. The average Bonchev–Trinajstić information content (AvgIpc) is 2.54. The molecule has 2 nitrogen and oxygen atoms in total. The molecule has 0 radical (unpaired) electrons. The van der Waals surface area contributed by atoms with E-state index in [1.807, 2.05) is 30.3 Å². The third-order valence-electron chi connectivity index (χ3n) is 3.09. The van der Waals surface area contributed by atoms with Gasteiger partial charge in [0.05, 0.1) is 24.8 Å². The van der Waals surface area contributed by atoms with Gasteiger partial charge in [-0.2, -0.15) is 5.26 Å². The van der Waals surface area contributed by atoms with Crippen molar-refractivity contribution < 1.29 is 4.74 Å². The first-order valence-electron chi connectivity index (χ1n) is 7.17. The van der Waals surface area contributed by atoms with Crippen LogP contribution in [0, 0.1) is 18.3 Å². The van der Waals surface area contributed by atoms with E-state index in [4.69, 9.17) is 10.00 Å². The molecule has 2 rings (SSSR count). The maximum absolute atomic E-state index is 8.74. The topological polar surface area (TPSA) is 33.0 Å². The van der Waals surface area contributed by atoms with Gasteiger partial charge >= 0.3 is 0 Å². The summed E-state index contributed by atoms with van der Waals surface area (Å²) in [6.45, 7) is 3.35. The molecule has 3 heteroatoms. The van der Waals surface area contributed by atoms with E-state index in [1.54, 1.807) is 11.8 Å². The van der Waals surface area contributed by atoms with Crippen LogP contribution in [0.5, 0.6) is 0 Å². The van der Waals surface area contributed by atoms with Crippen LogP contribution in [-0.2, 0) is 17.1 Å². The Morgan fingerprint density at radius 3 is 2.68 bits per heavy atom. The molecule has 0 amide bonds. The number of nitrogens with zero attached hydrogens (tertiary/aromatic N) is 1. The lowest BCUT2D eigenvalue weighted by molar-refractivity contribution is 0.149. The molecule has 0 spiro atoms. The third kappa shape index (κ3) is 5.77. The predicted octanol–water partition coefficient (Wildman–Crippen LogP) is 4.83. The van der Waals surface area contributed by atoms with Crippen molar-refractivity contribution in [3.63, 3.8) is 0 Å². The summed E-state index contributed by atoms with van der Waals surface area (Å²) in [5.74, 6) is 0.903. The van der Waals surface area contributed by atoms with E-state index >= 15 is 0 Å². The van der Waals surface area contributed by atoms with E-state index in [-0.39, 0.29) is 0 Å². The van der Waals surface area contributed by atoms with Crippen LogP contribution in [-0.4, -0.2) is 6.61 Å². The van der Waals surface area contributed by atoms with Gasteiger partial charge in [-0.1, -0.05) is 48.0 Å². The maximum atomic E-state index is 8.74. The second-order valence-corrected chi connectivity index (χ2v) is 5.89. The number of hydrogen-bond donors (Lipinski definition) is 0. The van der Waals surface area contributed by atoms with Gasteiger partial charge in [0.2, 0.25) is 0 Å². The summed E-state index contributed by atoms with van der Waals surface area (Å²) in [7, 11) is 0. The molecule has 0 atom stereocenters. The SMILES string of the molecule is Cc1cccc(COC/C=C\SCc2ccc(C#N)cc2)c1. The summed E-state index contributed by atoms with van der Waals surface area (Å²) in [5, 5.41) is 10.8. The van der Waals surface area contributed by atoms with Crippen molar-refractivity contribution in [2.24, 2.45) is 0 Å². The zero-order valence-electron chi connectivity index (χ0n) is 12.7. The van der Waals surface area contributed by atoms with E-state index in [1.165, 1.54) is 16.7 Å². The highest BCUT2D eigenvalue weighted by molar-refractivity contribution is 8.01. The van der Waals surface area contributed by atoms with Gasteiger partial charge in [0, 0.05) is 5.75 Å². The van der Waals surface area contributed by atoms with Gasteiger partial charge < -0.3 is 4.74 Å². The monoisotopic (exact) mass is 309 g/mol. The molecule has 0 heterocycles. The smallest absolute Gasteiger partial charge is 0.0991 e. The summed E-state index contributed by atoms with van der Waals surface area (Å²) in [4.78, 5) is 0. The second-order valence-electron chi connectivity index (χ2n) is 5.00. The molecule has 0 bridgehead atoms. The number of hydrogen-bond acceptors (Lipinski definition) is 3. The zero-order chi connectivity index (χ0) is 15.6. The zero-order valence-corrected chi connectivity index (χ0v) is 13.5. The van der Waals surface area contributed by atoms with Crippen LogP contribution in [0.15, 0.2) is 60.0 Å². The number of benzene rings is 2. The van der Waals surface area contributed by atoms with Crippen LogP contribution in [0.2, 0.25) is 0 Å². The third-order valence-corrected chi connectivity index (χ3v) is 3.98. The number of rotatable bonds is 7. The van der Waals surface area contributed by atoms with Crippen molar-refractivity contribution in [3.8, 4) is 6.07 Å². The Morgan fingerprint density at radius 2 is 1.95 bits per heavy atom. The molecule has 0 unspecified atom stereocenters. The quantitative estimate of drug-likeness (QED) is 0.687. The van der Waals surface area contributed by atoms with Crippen LogP contribution < -0.4 is 0 Å². The normalized spacial score (nSPS) is 10.7. The van der Waals surface area contributed by atoms with Gasteiger partial charge in [0.25, 0.3) is 0 Å². The summed E-state index contributed by atoms with van der Waals surface area (Å²) in [6.07, 6.45) is 2.03. The fourth-order valence-corrected chi connectivity index (χ4v) is 2.67. The van der Waals surface area contributed by atoms with E-state index < -0.39 is 0 Å². The van der Waals surface area contributed by atoms with Crippen molar-refractivity contribution in [2.45, 2.75) is 19.3 Å². The van der Waals surface area contributed by atoms with Crippen molar-refractivity contribution in [3.05, 3.63) is 82.3 Å². The van der Waals surface area contributed by atoms with E-state index in [0.29, 0.717) is 18.8 Å². The molecule has 0 saturated heterocycles. The summed E-state index contributed by atoms with van der Waals surface area (Å²) >= 11 is 1.73. The first-order chi connectivity index (χ1) is 10.8. The van der Waals surface area contributed by atoms with Gasteiger partial charge in [0.15, 0.2) is 0 Å². The minimum atomic E-state index is 0.619. The van der Waals surface area contributed by atoms with Gasteiger partial charge in [-0.05, 0) is 35.6 Å². The highest BCUT2D eigenvalue weighted by atomic mass is 32.2. The summed E-state index contributed by atoms with van der Waals surface area (Å²) < 4.78 is 5.62. The lowest BCUT2D eigenvalue weighted by Crippen LogP contribution is -1.92. The van der Waals surface area contributed by atoms with Crippen LogP contribution in [0.25, 0.3) is 0 Å². The maximum Gasteiger partial charge on any atom is 0.0991 e. The van der Waals surface area contributed by atoms with Crippen molar-refractivity contribution in [1.82, 2.24) is 0 Å². The molecule has 2 aromatic rings. The Labute approximate surface area is 136 Å². The molecule has 0 aliphatic rings. The van der Waals surface area contributed by atoms with Crippen LogP contribution in [0.4, 0.5) is 0 Å². The fourth-order valence-electron chi connectivity index (χ4n) is 1.97. The van der Waals surface area contributed by atoms with Gasteiger partial charge in [-0.25, -0.2) is 0 Å². The lowest BCUT2D eigenvalue weighted by atomic mass is 10.1. The average molecular weight is 309 g/mol. The van der Waals surface area contributed by atoms with Crippen LogP contribution in [0.1, 0.15) is 22.3 Å². The highest BCUT2D eigenvalue weighted by Gasteiger charge is 1.94. The largest absolute Gasteiger partial charge is 0.373 e. The Bertz CT molecular complexity index is 656. The van der Waals surface area contributed by atoms with Crippen molar-refractivity contribution >= 4 is 11.8 Å². The molecule has 22 heavy (non-hydrogen) atoms.